The number of hydrogen-bond donors (Lipinski definition) is 2. The van der Waals surface area contributed by atoms with Crippen LogP contribution in [0.2, 0.25) is 0 Å². The minimum absolute atomic E-state index is 0.00252. The highest BCUT2D eigenvalue weighted by molar-refractivity contribution is 5.97. The Kier molecular flexibility index (Phi) is 6.53. The molecule has 0 fully saturated rings. The van der Waals surface area contributed by atoms with Crippen molar-refractivity contribution in [2.75, 3.05) is 20.2 Å². The molecule has 2 amide bonds. The van der Waals surface area contributed by atoms with Crippen LogP contribution in [0.15, 0.2) is 36.5 Å². The second kappa shape index (κ2) is 8.84. The van der Waals surface area contributed by atoms with Crippen molar-refractivity contribution in [2.24, 2.45) is 0 Å². The van der Waals surface area contributed by atoms with Crippen molar-refractivity contribution in [3.05, 3.63) is 42.2 Å². The fourth-order valence-corrected chi connectivity index (χ4v) is 2.46. The molecule has 0 saturated carbocycles. The van der Waals surface area contributed by atoms with Crippen LogP contribution >= 0.6 is 0 Å². The quantitative estimate of drug-likeness (QED) is 0.711. The van der Waals surface area contributed by atoms with Crippen LogP contribution in [0.4, 0.5) is 0 Å². The smallest absolute Gasteiger partial charge is 0.326 e. The molecule has 0 aliphatic heterocycles. The fourth-order valence-electron chi connectivity index (χ4n) is 2.46. The number of carboxylic acids is 1. The number of methoxy groups -OCH3 is 1. The first-order chi connectivity index (χ1) is 12.8. The Morgan fingerprint density at radius 1 is 1.30 bits per heavy atom. The Labute approximate surface area is 156 Å². The predicted octanol–water partition coefficient (Wildman–Crippen LogP) is 0.932. The van der Waals surface area contributed by atoms with Crippen LogP contribution in [0, 0.1) is 0 Å². The lowest BCUT2D eigenvalue weighted by Gasteiger charge is -2.26. The largest absolute Gasteiger partial charge is 0.493 e. The predicted molar refractivity (Wildman–Crippen MR) is 96.9 cm³/mol. The van der Waals surface area contributed by atoms with Crippen molar-refractivity contribution < 1.29 is 24.2 Å². The van der Waals surface area contributed by atoms with Crippen molar-refractivity contribution in [3.63, 3.8) is 0 Å². The van der Waals surface area contributed by atoms with Crippen molar-refractivity contribution in [1.82, 2.24) is 20.0 Å². The number of rotatable bonds is 8. The lowest BCUT2D eigenvalue weighted by atomic mass is 10.2. The van der Waals surface area contributed by atoms with E-state index in [1.54, 1.807) is 6.20 Å². The van der Waals surface area contributed by atoms with Gasteiger partial charge in [-0.2, -0.15) is 5.10 Å². The lowest BCUT2D eigenvalue weighted by molar-refractivity contribution is -0.141. The van der Waals surface area contributed by atoms with E-state index >= 15 is 0 Å². The molecule has 144 valence electrons. The first-order valence-corrected chi connectivity index (χ1v) is 8.32. The molecule has 9 nitrogen and oxygen atoms in total. The molecule has 2 aromatic rings. The first-order valence-electron chi connectivity index (χ1n) is 8.32. The summed E-state index contributed by atoms with van der Waals surface area (Å²) in [5, 5.41) is 16.2. The summed E-state index contributed by atoms with van der Waals surface area (Å²) in [6.07, 6.45) is 1.56. The topological polar surface area (TPSA) is 114 Å². The number of hydrogen-bond acceptors (Lipinski definition) is 5. The second-order valence-corrected chi connectivity index (χ2v) is 5.82. The zero-order valence-corrected chi connectivity index (χ0v) is 15.4. The van der Waals surface area contributed by atoms with E-state index in [1.807, 2.05) is 30.3 Å². The second-order valence-electron chi connectivity index (χ2n) is 5.82. The van der Waals surface area contributed by atoms with Crippen LogP contribution in [0.3, 0.4) is 0 Å². The number of benzene rings is 1. The number of nitrogens with zero attached hydrogens (tertiary/aromatic N) is 3. The van der Waals surface area contributed by atoms with E-state index in [0.29, 0.717) is 0 Å². The van der Waals surface area contributed by atoms with Crippen molar-refractivity contribution in [1.29, 1.82) is 0 Å². The normalized spacial score (nSPS) is 11.5. The molecule has 0 aliphatic rings. The summed E-state index contributed by atoms with van der Waals surface area (Å²) in [6.45, 7) is 2.89. The van der Waals surface area contributed by atoms with Gasteiger partial charge in [-0.1, -0.05) is 18.2 Å². The third-order valence-corrected chi connectivity index (χ3v) is 3.94. The van der Waals surface area contributed by atoms with E-state index in [0.717, 1.165) is 10.6 Å². The molecular weight excluding hydrogens is 352 g/mol. The Bertz CT molecular complexity index is 818. The van der Waals surface area contributed by atoms with Crippen LogP contribution in [-0.4, -0.2) is 63.8 Å². The summed E-state index contributed by atoms with van der Waals surface area (Å²) in [4.78, 5) is 36.6. The molecule has 0 radical (unpaired) electrons. The molecule has 1 aromatic carbocycles. The minimum Gasteiger partial charge on any atom is -0.493 e. The van der Waals surface area contributed by atoms with Crippen molar-refractivity contribution in [2.45, 2.75) is 19.9 Å². The first kappa shape index (κ1) is 20.0. The Hall–Kier alpha value is -3.36. The number of para-hydroxylation sites is 1. The van der Waals surface area contributed by atoms with Crippen LogP contribution in [0.5, 0.6) is 5.75 Å². The van der Waals surface area contributed by atoms with Gasteiger partial charge in [-0.15, -0.1) is 0 Å². The molecule has 2 N–H and O–H groups in total. The maximum absolute atomic E-state index is 13.0. The molecule has 1 atom stereocenters. The zero-order valence-electron chi connectivity index (χ0n) is 15.4. The van der Waals surface area contributed by atoms with Crippen LogP contribution in [0.1, 0.15) is 24.3 Å². The highest BCUT2D eigenvalue weighted by Crippen LogP contribution is 2.22. The van der Waals surface area contributed by atoms with Gasteiger partial charge in [-0.25, -0.2) is 9.48 Å². The van der Waals surface area contributed by atoms with Gasteiger partial charge in [0.15, 0.2) is 11.4 Å². The van der Waals surface area contributed by atoms with E-state index in [2.05, 4.69) is 10.4 Å². The summed E-state index contributed by atoms with van der Waals surface area (Å²) in [5.74, 6) is -1.79. The van der Waals surface area contributed by atoms with Crippen molar-refractivity contribution in [3.8, 4) is 11.4 Å². The number of ether oxygens (including phenoxy) is 1. The highest BCUT2D eigenvalue weighted by atomic mass is 16.5. The van der Waals surface area contributed by atoms with E-state index < -0.39 is 17.9 Å². The van der Waals surface area contributed by atoms with Crippen molar-refractivity contribution >= 4 is 17.8 Å². The van der Waals surface area contributed by atoms with Crippen LogP contribution < -0.4 is 10.1 Å². The number of amides is 2. The lowest BCUT2D eigenvalue weighted by Crippen LogP contribution is -2.47. The van der Waals surface area contributed by atoms with Crippen LogP contribution in [-0.2, 0) is 9.59 Å². The molecule has 0 spiro atoms. The van der Waals surface area contributed by atoms with E-state index in [-0.39, 0.29) is 30.4 Å². The number of aromatic nitrogens is 2. The average Bonchev–Trinajstić information content (AvgIpc) is 3.09. The molecule has 0 aliphatic carbocycles. The van der Waals surface area contributed by atoms with Gasteiger partial charge in [0.1, 0.15) is 6.04 Å². The van der Waals surface area contributed by atoms with Gasteiger partial charge in [0, 0.05) is 20.0 Å². The Morgan fingerprint density at radius 2 is 1.96 bits per heavy atom. The van der Waals surface area contributed by atoms with Gasteiger partial charge >= 0.3 is 5.97 Å². The van der Waals surface area contributed by atoms with Gasteiger partial charge < -0.3 is 20.1 Å². The van der Waals surface area contributed by atoms with E-state index in [1.165, 1.54) is 25.6 Å². The third kappa shape index (κ3) is 4.84. The summed E-state index contributed by atoms with van der Waals surface area (Å²) >= 11 is 0. The molecule has 1 heterocycles. The molecule has 1 aromatic heterocycles. The van der Waals surface area contributed by atoms with Crippen LogP contribution in [0.25, 0.3) is 5.69 Å². The maximum atomic E-state index is 13.0. The number of nitrogens with one attached hydrogen (secondary N) is 1. The summed E-state index contributed by atoms with van der Waals surface area (Å²) in [5.41, 5.74) is 0.725. The highest BCUT2D eigenvalue weighted by Gasteiger charge is 2.30. The van der Waals surface area contributed by atoms with E-state index in [9.17, 15) is 19.5 Å². The molecule has 9 heteroatoms. The third-order valence-electron chi connectivity index (χ3n) is 3.94. The molecule has 2 rings (SSSR count). The maximum Gasteiger partial charge on any atom is 0.326 e. The summed E-state index contributed by atoms with van der Waals surface area (Å²) < 4.78 is 6.74. The summed E-state index contributed by atoms with van der Waals surface area (Å²) in [7, 11) is 1.41. The number of carbonyl (C=O) groups excluding carboxylic acids is 2. The van der Waals surface area contributed by atoms with Gasteiger partial charge in [-0.05, 0) is 19.1 Å². The van der Waals surface area contributed by atoms with Gasteiger partial charge in [0.05, 0.1) is 19.0 Å². The van der Waals surface area contributed by atoms with Gasteiger partial charge in [0.25, 0.3) is 5.91 Å². The molecule has 1 unspecified atom stereocenters. The number of carbonyl (C=O) groups is 3. The average molecular weight is 374 g/mol. The molecule has 27 heavy (non-hydrogen) atoms. The zero-order chi connectivity index (χ0) is 20.0. The summed E-state index contributed by atoms with van der Waals surface area (Å²) in [6, 6.07) is 8.05. The van der Waals surface area contributed by atoms with Gasteiger partial charge in [0.2, 0.25) is 5.91 Å². The molecule has 0 bridgehead atoms. The molecular formula is C18H22N4O5. The Balaban J connectivity index is 2.34. The number of carboxylic acid groups (broad SMARTS) is 1. The van der Waals surface area contributed by atoms with Gasteiger partial charge in [-0.3, -0.25) is 9.59 Å². The standard InChI is InChI=1S/C18H22N4O5/c1-12(18(25)26)21(10-9-19-13(2)23)17(24)16-15(27-3)11-22(20-16)14-7-5-4-6-8-14/h4-8,11-12H,9-10H2,1-3H3,(H,19,23)(H,25,26). The number of aliphatic carboxylic acids is 1. The fraction of sp³-hybridized carbons (Fsp3) is 0.333. The monoisotopic (exact) mass is 374 g/mol. The Morgan fingerprint density at radius 3 is 2.52 bits per heavy atom. The minimum atomic E-state index is -1.16. The van der Waals surface area contributed by atoms with E-state index in [4.69, 9.17) is 4.74 Å². The SMILES string of the molecule is COc1cn(-c2ccccc2)nc1C(=O)N(CCNC(C)=O)C(C)C(=O)O. The molecule has 0 saturated heterocycles.